The molecule has 0 saturated heterocycles. The Morgan fingerprint density at radius 2 is 1.87 bits per heavy atom. The summed E-state index contributed by atoms with van der Waals surface area (Å²) in [5, 5.41) is 9.72. The number of aryl methyl sites for hydroxylation is 4. The van der Waals surface area contributed by atoms with Gasteiger partial charge >= 0.3 is 0 Å². The van der Waals surface area contributed by atoms with Crippen molar-refractivity contribution in [3.05, 3.63) is 64.2 Å². The Hall–Kier alpha value is -3.41. The number of carbonyl (C=O) groups excluding carboxylic acids is 1. The molecule has 0 aliphatic heterocycles. The van der Waals surface area contributed by atoms with Crippen LogP contribution in [0.1, 0.15) is 57.4 Å². The average molecular weight is 400 g/mol. The van der Waals surface area contributed by atoms with E-state index in [0.29, 0.717) is 11.6 Å². The highest BCUT2D eigenvalue weighted by molar-refractivity contribution is 6.06. The van der Waals surface area contributed by atoms with Crippen LogP contribution in [0, 0.1) is 27.7 Å². The van der Waals surface area contributed by atoms with Crippen molar-refractivity contribution in [2.45, 2.75) is 46.5 Å². The van der Waals surface area contributed by atoms with Gasteiger partial charge in [0.05, 0.1) is 16.9 Å². The number of hydrogen-bond donors (Lipinski definition) is 1. The number of nitrogens with zero attached hydrogens (tertiary/aromatic N) is 3. The summed E-state index contributed by atoms with van der Waals surface area (Å²) < 4.78 is 7.10. The molecule has 1 amide bonds. The molecule has 1 aliphatic carbocycles. The normalized spacial score (nSPS) is 13.9. The van der Waals surface area contributed by atoms with E-state index < -0.39 is 5.91 Å². The number of aromatic nitrogens is 3. The molecule has 2 aromatic heterocycles. The second-order valence-electron chi connectivity index (χ2n) is 8.32. The summed E-state index contributed by atoms with van der Waals surface area (Å²) in [7, 11) is 0. The lowest BCUT2D eigenvalue weighted by atomic mass is 9.93. The molecular formula is C24H24N4O2. The molecule has 0 unspecified atom stereocenters. The van der Waals surface area contributed by atoms with Crippen molar-refractivity contribution in [3.63, 3.8) is 0 Å². The van der Waals surface area contributed by atoms with E-state index in [2.05, 4.69) is 24.2 Å². The summed E-state index contributed by atoms with van der Waals surface area (Å²) in [6.07, 6.45) is 2.28. The zero-order valence-electron chi connectivity index (χ0n) is 17.6. The molecule has 6 nitrogen and oxygen atoms in total. The molecule has 30 heavy (non-hydrogen) atoms. The molecular weight excluding hydrogens is 376 g/mol. The topological polar surface area (TPSA) is 86.9 Å². The third-order valence-corrected chi connectivity index (χ3v) is 6.13. The molecule has 1 fully saturated rings. The number of nitrogens with two attached hydrogens (primary N) is 1. The fraction of sp³-hybridized carbons (Fsp3) is 0.292. The number of carbonyl (C=O) groups is 1. The minimum absolute atomic E-state index is 0.417. The molecule has 2 heterocycles. The predicted molar refractivity (Wildman–Crippen MR) is 116 cm³/mol. The highest BCUT2D eigenvalue weighted by atomic mass is 16.5. The minimum Gasteiger partial charge on any atom is -0.364 e. The van der Waals surface area contributed by atoms with Gasteiger partial charge in [0, 0.05) is 10.9 Å². The maximum absolute atomic E-state index is 12.5. The summed E-state index contributed by atoms with van der Waals surface area (Å²) in [6, 6.07) is 10.2. The molecule has 152 valence electrons. The van der Waals surface area contributed by atoms with Gasteiger partial charge in [-0.2, -0.15) is 5.10 Å². The third kappa shape index (κ3) is 2.83. The van der Waals surface area contributed by atoms with Gasteiger partial charge < -0.3 is 10.3 Å². The van der Waals surface area contributed by atoms with Gasteiger partial charge in [-0.15, -0.1) is 0 Å². The highest BCUT2D eigenvalue weighted by Crippen LogP contribution is 2.47. The Kier molecular flexibility index (Phi) is 4.07. The van der Waals surface area contributed by atoms with Crippen LogP contribution in [0.4, 0.5) is 0 Å². The fourth-order valence-electron chi connectivity index (χ4n) is 4.25. The van der Waals surface area contributed by atoms with Crippen molar-refractivity contribution >= 4 is 16.8 Å². The van der Waals surface area contributed by atoms with E-state index in [1.807, 2.05) is 39.0 Å². The molecule has 1 saturated carbocycles. The van der Waals surface area contributed by atoms with Crippen LogP contribution in [0.3, 0.4) is 0 Å². The largest absolute Gasteiger partial charge is 0.364 e. The maximum atomic E-state index is 12.5. The predicted octanol–water partition coefficient (Wildman–Crippen LogP) is 4.89. The summed E-state index contributed by atoms with van der Waals surface area (Å²) in [5.41, 5.74) is 14.3. The number of primary amides is 1. The van der Waals surface area contributed by atoms with E-state index in [1.54, 1.807) is 4.68 Å². The van der Waals surface area contributed by atoms with Gasteiger partial charge in [0.2, 0.25) is 0 Å². The van der Waals surface area contributed by atoms with Gasteiger partial charge in [-0.3, -0.25) is 4.79 Å². The lowest BCUT2D eigenvalue weighted by Crippen LogP contribution is -2.17. The molecule has 2 aromatic carbocycles. The van der Waals surface area contributed by atoms with Gasteiger partial charge in [0.15, 0.2) is 0 Å². The van der Waals surface area contributed by atoms with Crippen molar-refractivity contribution in [1.29, 1.82) is 0 Å². The van der Waals surface area contributed by atoms with Crippen molar-refractivity contribution in [2.75, 3.05) is 0 Å². The first-order chi connectivity index (χ1) is 14.3. The Morgan fingerprint density at radius 3 is 2.47 bits per heavy atom. The number of amides is 1. The van der Waals surface area contributed by atoms with Crippen LogP contribution in [0.2, 0.25) is 0 Å². The second-order valence-corrected chi connectivity index (χ2v) is 8.32. The smallest absolute Gasteiger partial charge is 0.268 e. The Morgan fingerprint density at radius 1 is 1.10 bits per heavy atom. The molecule has 6 heteroatoms. The molecule has 0 atom stereocenters. The standard InChI is InChI=1S/C24H24N4O2/c1-12-5-8-17(9-13(12)2)28-23(24(25)29)20-10-18(16-6-7-16)19(11-21(20)26-28)22-14(3)27-30-15(22)4/h5,8-11,16H,6-7H2,1-4H3,(H2,25,29). The second kappa shape index (κ2) is 6.55. The number of rotatable bonds is 4. The summed E-state index contributed by atoms with van der Waals surface area (Å²) >= 11 is 0. The zero-order chi connectivity index (χ0) is 21.2. The van der Waals surface area contributed by atoms with E-state index in [4.69, 9.17) is 15.4 Å². The average Bonchev–Trinajstić information content (AvgIpc) is 3.40. The van der Waals surface area contributed by atoms with Crippen molar-refractivity contribution in [2.24, 2.45) is 5.73 Å². The van der Waals surface area contributed by atoms with Crippen LogP contribution in [-0.2, 0) is 0 Å². The van der Waals surface area contributed by atoms with Gasteiger partial charge in [-0.25, -0.2) is 4.68 Å². The SMILES string of the molecule is Cc1ccc(-n2nc3cc(-c4c(C)noc4C)c(C4CC4)cc3c2C(N)=O)cc1C. The maximum Gasteiger partial charge on any atom is 0.268 e. The van der Waals surface area contributed by atoms with Crippen LogP contribution in [0.5, 0.6) is 0 Å². The monoisotopic (exact) mass is 400 g/mol. The molecule has 0 spiro atoms. The van der Waals surface area contributed by atoms with Gasteiger partial charge in [0.1, 0.15) is 11.5 Å². The van der Waals surface area contributed by atoms with Crippen LogP contribution in [-0.4, -0.2) is 20.8 Å². The van der Waals surface area contributed by atoms with E-state index in [-0.39, 0.29) is 0 Å². The van der Waals surface area contributed by atoms with Gasteiger partial charge in [-0.05, 0) is 93.0 Å². The lowest BCUT2D eigenvalue weighted by molar-refractivity contribution is 0.0994. The molecule has 1 aliphatic rings. The van der Waals surface area contributed by atoms with Crippen LogP contribution in [0.15, 0.2) is 34.9 Å². The highest BCUT2D eigenvalue weighted by Gasteiger charge is 2.30. The van der Waals surface area contributed by atoms with Crippen LogP contribution < -0.4 is 5.73 Å². The third-order valence-electron chi connectivity index (χ3n) is 6.13. The lowest BCUT2D eigenvalue weighted by Gasteiger charge is -2.09. The Labute approximate surface area is 174 Å². The van der Waals surface area contributed by atoms with Gasteiger partial charge in [0.25, 0.3) is 5.91 Å². The van der Waals surface area contributed by atoms with Crippen LogP contribution in [0.25, 0.3) is 27.7 Å². The van der Waals surface area contributed by atoms with Crippen molar-refractivity contribution in [3.8, 4) is 16.8 Å². The quantitative estimate of drug-likeness (QED) is 0.528. The molecule has 5 rings (SSSR count). The fourth-order valence-corrected chi connectivity index (χ4v) is 4.25. The molecule has 0 radical (unpaired) electrons. The van der Waals surface area contributed by atoms with E-state index in [0.717, 1.165) is 57.6 Å². The van der Waals surface area contributed by atoms with E-state index in [9.17, 15) is 4.79 Å². The first-order valence-corrected chi connectivity index (χ1v) is 10.2. The molecule has 4 aromatic rings. The summed E-state index contributed by atoms with van der Waals surface area (Å²) in [5.74, 6) is 0.781. The number of benzene rings is 2. The van der Waals surface area contributed by atoms with E-state index >= 15 is 0 Å². The first-order valence-electron chi connectivity index (χ1n) is 10.2. The zero-order valence-corrected chi connectivity index (χ0v) is 17.6. The minimum atomic E-state index is -0.484. The Bertz CT molecular complexity index is 1310. The molecule has 2 N–H and O–H groups in total. The van der Waals surface area contributed by atoms with E-state index in [1.165, 1.54) is 11.1 Å². The summed E-state index contributed by atoms with van der Waals surface area (Å²) in [6.45, 7) is 7.99. The molecule has 0 bridgehead atoms. The number of fused-ring (bicyclic) bond motifs is 1. The van der Waals surface area contributed by atoms with Gasteiger partial charge in [-0.1, -0.05) is 11.2 Å². The first kappa shape index (κ1) is 18.6. The Balaban J connectivity index is 1.81. The van der Waals surface area contributed by atoms with Crippen molar-refractivity contribution in [1.82, 2.24) is 14.9 Å². The number of hydrogen-bond acceptors (Lipinski definition) is 4. The van der Waals surface area contributed by atoms with Crippen molar-refractivity contribution < 1.29 is 9.32 Å². The summed E-state index contributed by atoms with van der Waals surface area (Å²) in [4.78, 5) is 12.5. The van der Waals surface area contributed by atoms with Crippen LogP contribution >= 0.6 is 0 Å².